The van der Waals surface area contributed by atoms with Gasteiger partial charge in [-0.2, -0.15) is 0 Å². The molecular weight excluding hydrogens is 584 g/mol. The number of thiazole rings is 1. The molecule has 0 N–H and O–H groups in total. The van der Waals surface area contributed by atoms with Crippen molar-refractivity contribution < 1.29 is 23.5 Å². The van der Waals surface area contributed by atoms with Crippen LogP contribution in [0.15, 0.2) is 90.6 Å². The number of aromatic nitrogens is 1. The molecule has 0 bridgehead atoms. The van der Waals surface area contributed by atoms with Gasteiger partial charge in [0.15, 0.2) is 4.80 Å². The van der Waals surface area contributed by atoms with Crippen LogP contribution in [-0.4, -0.2) is 23.1 Å². The number of halogens is 1. The number of furan rings is 1. The van der Waals surface area contributed by atoms with Crippen molar-refractivity contribution in [3.8, 4) is 17.1 Å². The summed E-state index contributed by atoms with van der Waals surface area (Å²) in [5.74, 6) is 0.554. The standard InChI is InChI=1S/C29H23BrN2O6S/c1-4-36-28(35)25-16(2)31-29-32(26(25)19-7-11-21(12-8-19)37-17(3)33)27(34)24(39-29)15-22-13-14-23(38-22)18-5-9-20(30)10-6-18/h5-15,26H,4H2,1-3H3/t26-/m1/s1. The van der Waals surface area contributed by atoms with Gasteiger partial charge in [0.2, 0.25) is 0 Å². The average Bonchev–Trinajstić information content (AvgIpc) is 3.48. The Bertz CT molecular complexity index is 1780. The fourth-order valence-corrected chi connectivity index (χ4v) is 5.61. The van der Waals surface area contributed by atoms with E-state index in [1.54, 1.807) is 50.3 Å². The smallest absolute Gasteiger partial charge is 0.338 e. The van der Waals surface area contributed by atoms with E-state index in [4.69, 9.17) is 13.9 Å². The number of esters is 2. The maximum atomic E-state index is 13.8. The molecule has 0 unspecified atom stereocenters. The van der Waals surface area contributed by atoms with Crippen LogP contribution in [0.3, 0.4) is 0 Å². The first-order valence-corrected chi connectivity index (χ1v) is 13.7. The number of carbonyl (C=O) groups excluding carboxylic acids is 2. The van der Waals surface area contributed by atoms with E-state index >= 15 is 0 Å². The molecule has 5 rings (SSSR count). The lowest BCUT2D eigenvalue weighted by Crippen LogP contribution is -2.39. The van der Waals surface area contributed by atoms with Gasteiger partial charge in [0.05, 0.1) is 28.5 Å². The van der Waals surface area contributed by atoms with Gasteiger partial charge >= 0.3 is 11.9 Å². The zero-order chi connectivity index (χ0) is 27.7. The minimum atomic E-state index is -0.774. The molecule has 198 valence electrons. The molecule has 39 heavy (non-hydrogen) atoms. The maximum absolute atomic E-state index is 13.8. The largest absolute Gasteiger partial charge is 0.463 e. The molecule has 0 spiro atoms. The van der Waals surface area contributed by atoms with Gasteiger partial charge in [-0.15, -0.1) is 0 Å². The van der Waals surface area contributed by atoms with E-state index in [0.29, 0.717) is 37.9 Å². The Kier molecular flexibility index (Phi) is 7.49. The Morgan fingerprint density at radius 2 is 1.82 bits per heavy atom. The van der Waals surface area contributed by atoms with E-state index in [2.05, 4.69) is 20.9 Å². The molecule has 3 heterocycles. The van der Waals surface area contributed by atoms with E-state index in [0.717, 1.165) is 10.0 Å². The number of allylic oxidation sites excluding steroid dienone is 1. The molecule has 0 aliphatic carbocycles. The van der Waals surface area contributed by atoms with Crippen LogP contribution in [0.4, 0.5) is 0 Å². The summed E-state index contributed by atoms with van der Waals surface area (Å²) in [6.45, 7) is 4.94. The number of hydrogen-bond acceptors (Lipinski definition) is 8. The number of hydrogen-bond donors (Lipinski definition) is 0. The van der Waals surface area contributed by atoms with Gasteiger partial charge in [-0.1, -0.05) is 51.5 Å². The molecule has 0 saturated carbocycles. The molecule has 2 aromatic heterocycles. The first-order chi connectivity index (χ1) is 18.7. The number of rotatable bonds is 6. The van der Waals surface area contributed by atoms with Crippen molar-refractivity contribution in [2.45, 2.75) is 26.8 Å². The van der Waals surface area contributed by atoms with Crippen LogP contribution in [0, 0.1) is 0 Å². The van der Waals surface area contributed by atoms with Crippen molar-refractivity contribution in [3.05, 3.63) is 107 Å². The topological polar surface area (TPSA) is 100 Å². The second kappa shape index (κ2) is 11.0. The third kappa shape index (κ3) is 5.43. The SMILES string of the molecule is CCOC(=O)C1=C(C)N=c2sc(=Cc3ccc(-c4ccc(Br)cc4)o3)c(=O)n2[C@@H]1c1ccc(OC(C)=O)cc1. The van der Waals surface area contributed by atoms with Crippen LogP contribution < -0.4 is 19.6 Å². The Morgan fingerprint density at radius 3 is 2.49 bits per heavy atom. The van der Waals surface area contributed by atoms with Gasteiger partial charge in [-0.25, -0.2) is 9.79 Å². The van der Waals surface area contributed by atoms with Gasteiger partial charge in [0.1, 0.15) is 17.3 Å². The summed E-state index contributed by atoms with van der Waals surface area (Å²) in [7, 11) is 0. The molecule has 1 atom stereocenters. The van der Waals surface area contributed by atoms with Crippen LogP contribution >= 0.6 is 27.3 Å². The molecule has 8 nitrogen and oxygen atoms in total. The lowest BCUT2D eigenvalue weighted by atomic mass is 9.96. The second-order valence-corrected chi connectivity index (χ2v) is 10.6. The second-order valence-electron chi connectivity index (χ2n) is 8.67. The number of nitrogens with zero attached hydrogens (tertiary/aromatic N) is 2. The molecule has 0 fully saturated rings. The van der Waals surface area contributed by atoms with Crippen LogP contribution in [0.2, 0.25) is 0 Å². The predicted molar refractivity (Wildman–Crippen MR) is 150 cm³/mol. The van der Waals surface area contributed by atoms with Crippen LogP contribution in [0.1, 0.15) is 38.1 Å². The molecule has 10 heteroatoms. The summed E-state index contributed by atoms with van der Waals surface area (Å²) < 4.78 is 19.3. The Labute approximate surface area is 235 Å². The van der Waals surface area contributed by atoms with Gasteiger partial charge in [-0.05, 0) is 55.8 Å². The van der Waals surface area contributed by atoms with Gasteiger partial charge in [0.25, 0.3) is 5.56 Å². The van der Waals surface area contributed by atoms with Gasteiger partial charge in [0, 0.05) is 23.0 Å². The number of fused-ring (bicyclic) bond motifs is 1. The summed E-state index contributed by atoms with van der Waals surface area (Å²) in [6.07, 6.45) is 1.68. The molecular formula is C29H23BrN2O6S. The lowest BCUT2D eigenvalue weighted by Gasteiger charge is -2.24. The van der Waals surface area contributed by atoms with Gasteiger partial charge in [-0.3, -0.25) is 14.2 Å². The van der Waals surface area contributed by atoms with Crippen molar-refractivity contribution in [3.63, 3.8) is 0 Å². The predicted octanol–water partition coefficient (Wildman–Crippen LogP) is 4.75. The number of ether oxygens (including phenoxy) is 2. The summed E-state index contributed by atoms with van der Waals surface area (Å²) in [5, 5.41) is 0. The highest BCUT2D eigenvalue weighted by atomic mass is 79.9. The molecule has 2 aromatic carbocycles. The summed E-state index contributed by atoms with van der Waals surface area (Å²) in [6, 6.07) is 17.3. The number of carbonyl (C=O) groups is 2. The van der Waals surface area contributed by atoms with Crippen molar-refractivity contribution in [1.29, 1.82) is 0 Å². The first-order valence-electron chi connectivity index (χ1n) is 12.1. The van der Waals surface area contributed by atoms with Crippen molar-refractivity contribution in [2.24, 2.45) is 4.99 Å². The quantitative estimate of drug-likeness (QED) is 0.232. The molecule has 0 amide bonds. The van der Waals surface area contributed by atoms with Crippen molar-refractivity contribution in [1.82, 2.24) is 4.57 Å². The average molecular weight is 607 g/mol. The Hall–Kier alpha value is -4.02. The van der Waals surface area contributed by atoms with E-state index in [1.165, 1.54) is 22.8 Å². The normalized spacial score (nSPS) is 15.1. The first kappa shape index (κ1) is 26.6. The van der Waals surface area contributed by atoms with E-state index in [1.807, 2.05) is 30.3 Å². The third-order valence-electron chi connectivity index (χ3n) is 6.00. The highest BCUT2D eigenvalue weighted by molar-refractivity contribution is 9.10. The fraction of sp³-hybridized carbons (Fsp3) is 0.172. The monoisotopic (exact) mass is 606 g/mol. The van der Waals surface area contributed by atoms with E-state index < -0.39 is 18.0 Å². The molecule has 4 aromatic rings. The lowest BCUT2D eigenvalue weighted by molar-refractivity contribution is -0.139. The molecule has 0 radical (unpaired) electrons. The summed E-state index contributed by atoms with van der Waals surface area (Å²) in [4.78, 5) is 43.2. The molecule has 1 aliphatic heterocycles. The van der Waals surface area contributed by atoms with Crippen LogP contribution in [0.5, 0.6) is 5.75 Å². The van der Waals surface area contributed by atoms with E-state index in [-0.39, 0.29) is 17.7 Å². The maximum Gasteiger partial charge on any atom is 0.338 e. The Balaban J connectivity index is 1.61. The Morgan fingerprint density at radius 1 is 1.10 bits per heavy atom. The van der Waals surface area contributed by atoms with Crippen LogP contribution in [0.25, 0.3) is 17.4 Å². The fourth-order valence-electron chi connectivity index (χ4n) is 4.32. The number of benzene rings is 2. The van der Waals surface area contributed by atoms with Crippen LogP contribution in [-0.2, 0) is 14.3 Å². The minimum absolute atomic E-state index is 0.178. The van der Waals surface area contributed by atoms with Crippen molar-refractivity contribution >= 4 is 45.3 Å². The van der Waals surface area contributed by atoms with E-state index in [9.17, 15) is 14.4 Å². The third-order valence-corrected chi connectivity index (χ3v) is 7.51. The van der Waals surface area contributed by atoms with Crippen molar-refractivity contribution in [2.75, 3.05) is 6.61 Å². The highest BCUT2D eigenvalue weighted by Crippen LogP contribution is 2.32. The molecule has 0 saturated heterocycles. The highest BCUT2D eigenvalue weighted by Gasteiger charge is 2.33. The zero-order valence-electron chi connectivity index (χ0n) is 21.3. The molecule has 1 aliphatic rings. The van der Waals surface area contributed by atoms with Gasteiger partial charge < -0.3 is 13.9 Å². The zero-order valence-corrected chi connectivity index (χ0v) is 23.7. The minimum Gasteiger partial charge on any atom is -0.463 e. The summed E-state index contributed by atoms with van der Waals surface area (Å²) in [5.41, 5.74) is 1.97. The summed E-state index contributed by atoms with van der Waals surface area (Å²) >= 11 is 4.64.